The molecule has 1 heterocycles. The zero-order valence-electron chi connectivity index (χ0n) is 7.68. The van der Waals surface area contributed by atoms with Gasteiger partial charge in [-0.05, 0) is 39.0 Å². The first-order valence-electron chi connectivity index (χ1n) is 4.62. The van der Waals surface area contributed by atoms with Gasteiger partial charge in [0, 0.05) is 18.3 Å². The van der Waals surface area contributed by atoms with Crippen molar-refractivity contribution in [3.8, 4) is 0 Å². The second-order valence-corrected chi connectivity index (χ2v) is 4.67. The fourth-order valence-corrected chi connectivity index (χ4v) is 2.41. The first-order valence-corrected chi connectivity index (χ1v) is 5.78. The molecular formula is C9H19NS. The van der Waals surface area contributed by atoms with Crippen molar-refractivity contribution in [2.75, 3.05) is 24.6 Å². The van der Waals surface area contributed by atoms with Crippen molar-refractivity contribution < 1.29 is 0 Å². The fraction of sp³-hybridized carbons (Fsp3) is 1.00. The van der Waals surface area contributed by atoms with Gasteiger partial charge in [0.1, 0.15) is 0 Å². The van der Waals surface area contributed by atoms with Crippen molar-refractivity contribution >= 4 is 11.8 Å². The van der Waals surface area contributed by atoms with Crippen LogP contribution in [0.15, 0.2) is 0 Å². The molecule has 1 nitrogen and oxygen atoms in total. The Morgan fingerprint density at radius 3 is 2.64 bits per heavy atom. The highest BCUT2D eigenvalue weighted by molar-refractivity contribution is 7.99. The van der Waals surface area contributed by atoms with E-state index in [2.05, 4.69) is 30.5 Å². The number of hydrogen-bond donors (Lipinski definition) is 0. The van der Waals surface area contributed by atoms with Crippen LogP contribution in [0.2, 0.25) is 0 Å². The van der Waals surface area contributed by atoms with Crippen molar-refractivity contribution in [2.24, 2.45) is 0 Å². The van der Waals surface area contributed by atoms with Crippen LogP contribution < -0.4 is 0 Å². The van der Waals surface area contributed by atoms with Gasteiger partial charge in [-0.2, -0.15) is 11.8 Å². The van der Waals surface area contributed by atoms with Crippen LogP contribution in [0.3, 0.4) is 0 Å². The molecule has 2 heteroatoms. The van der Waals surface area contributed by atoms with Crippen LogP contribution in [0.25, 0.3) is 0 Å². The van der Waals surface area contributed by atoms with E-state index in [0.29, 0.717) is 0 Å². The van der Waals surface area contributed by atoms with Crippen LogP contribution in [0.1, 0.15) is 26.7 Å². The molecule has 0 spiro atoms. The molecule has 0 N–H and O–H groups in total. The summed E-state index contributed by atoms with van der Waals surface area (Å²) in [4.78, 5) is 2.59. The number of nitrogens with zero attached hydrogens (tertiary/aromatic N) is 1. The highest BCUT2D eigenvalue weighted by Crippen LogP contribution is 2.12. The maximum Gasteiger partial charge on any atom is 0.00750 e. The Kier molecular flexibility index (Phi) is 4.31. The van der Waals surface area contributed by atoms with Crippen LogP contribution in [0.5, 0.6) is 0 Å². The highest BCUT2D eigenvalue weighted by Gasteiger charge is 2.10. The molecule has 0 amide bonds. The fourth-order valence-electron chi connectivity index (χ4n) is 1.43. The van der Waals surface area contributed by atoms with E-state index in [1.54, 1.807) is 0 Å². The molecule has 11 heavy (non-hydrogen) atoms. The zero-order chi connectivity index (χ0) is 8.10. The summed E-state index contributed by atoms with van der Waals surface area (Å²) < 4.78 is 0. The van der Waals surface area contributed by atoms with E-state index >= 15 is 0 Å². The second-order valence-electron chi connectivity index (χ2n) is 3.45. The van der Waals surface area contributed by atoms with Gasteiger partial charge in [0.2, 0.25) is 0 Å². The normalized spacial score (nSPS) is 23.2. The average molecular weight is 173 g/mol. The summed E-state index contributed by atoms with van der Waals surface area (Å²) in [5.41, 5.74) is 0. The summed E-state index contributed by atoms with van der Waals surface area (Å²) in [6.07, 6.45) is 2.80. The maximum atomic E-state index is 2.59. The third kappa shape index (κ3) is 3.48. The average Bonchev–Trinajstić information content (AvgIpc) is 1.84. The predicted molar refractivity (Wildman–Crippen MR) is 53.3 cm³/mol. The van der Waals surface area contributed by atoms with Crippen LogP contribution in [-0.2, 0) is 0 Å². The summed E-state index contributed by atoms with van der Waals surface area (Å²) in [6, 6.07) is 0.744. The van der Waals surface area contributed by atoms with Crippen LogP contribution in [0, 0.1) is 0 Å². The Morgan fingerprint density at radius 2 is 1.91 bits per heavy atom. The maximum absolute atomic E-state index is 2.59. The molecular weight excluding hydrogens is 154 g/mol. The smallest absolute Gasteiger partial charge is 0.00750 e. The lowest BCUT2D eigenvalue weighted by Gasteiger charge is -2.27. The summed E-state index contributed by atoms with van der Waals surface area (Å²) in [5.74, 6) is 2.71. The van der Waals surface area contributed by atoms with Crippen LogP contribution >= 0.6 is 11.8 Å². The lowest BCUT2D eigenvalue weighted by atomic mass is 10.2. The number of rotatable bonds is 1. The Balaban J connectivity index is 2.26. The largest absolute Gasteiger partial charge is 0.300 e. The molecule has 0 bridgehead atoms. The topological polar surface area (TPSA) is 3.24 Å². The second kappa shape index (κ2) is 5.04. The van der Waals surface area contributed by atoms with Crippen molar-refractivity contribution in [1.82, 2.24) is 4.90 Å². The quantitative estimate of drug-likeness (QED) is 0.598. The first kappa shape index (κ1) is 9.40. The molecule has 66 valence electrons. The molecule has 0 atom stereocenters. The molecule has 0 aromatic heterocycles. The standard InChI is InChI=1S/C9H19NS/c1-9(2)10-5-3-4-7-11-8-6-10/h9H,3-8H2,1-2H3. The highest BCUT2D eigenvalue weighted by atomic mass is 32.2. The van der Waals surface area contributed by atoms with Gasteiger partial charge >= 0.3 is 0 Å². The minimum atomic E-state index is 0.744. The van der Waals surface area contributed by atoms with Crippen molar-refractivity contribution in [3.05, 3.63) is 0 Å². The molecule has 0 aromatic carbocycles. The minimum Gasteiger partial charge on any atom is -0.300 e. The van der Waals surface area contributed by atoms with Gasteiger partial charge in [-0.15, -0.1) is 0 Å². The van der Waals surface area contributed by atoms with E-state index in [0.717, 1.165) is 6.04 Å². The lowest BCUT2D eigenvalue weighted by molar-refractivity contribution is 0.231. The van der Waals surface area contributed by atoms with Gasteiger partial charge in [-0.25, -0.2) is 0 Å². The van der Waals surface area contributed by atoms with E-state index in [9.17, 15) is 0 Å². The van der Waals surface area contributed by atoms with Crippen molar-refractivity contribution in [2.45, 2.75) is 32.7 Å². The van der Waals surface area contributed by atoms with E-state index in [-0.39, 0.29) is 0 Å². The Morgan fingerprint density at radius 1 is 1.09 bits per heavy atom. The Labute approximate surface area is 74.5 Å². The van der Waals surface area contributed by atoms with E-state index in [1.165, 1.54) is 37.4 Å². The number of hydrogen-bond acceptors (Lipinski definition) is 2. The first-order chi connectivity index (χ1) is 5.30. The molecule has 0 radical (unpaired) electrons. The molecule has 1 fully saturated rings. The molecule has 1 aliphatic heterocycles. The third-order valence-corrected chi connectivity index (χ3v) is 3.29. The molecule has 0 saturated carbocycles. The van der Waals surface area contributed by atoms with Crippen molar-refractivity contribution in [3.63, 3.8) is 0 Å². The summed E-state index contributed by atoms with van der Waals surface area (Å²) in [7, 11) is 0. The molecule has 0 unspecified atom stereocenters. The minimum absolute atomic E-state index is 0.744. The van der Waals surface area contributed by atoms with E-state index in [4.69, 9.17) is 0 Å². The zero-order valence-corrected chi connectivity index (χ0v) is 8.49. The SMILES string of the molecule is CC(C)N1CCCCSCC1. The van der Waals surface area contributed by atoms with Gasteiger partial charge in [-0.3, -0.25) is 0 Å². The van der Waals surface area contributed by atoms with Crippen LogP contribution in [0.4, 0.5) is 0 Å². The van der Waals surface area contributed by atoms with Gasteiger partial charge in [0.25, 0.3) is 0 Å². The molecule has 0 aromatic rings. The Bertz CT molecular complexity index is 95.7. The monoisotopic (exact) mass is 173 g/mol. The molecule has 1 rings (SSSR count). The molecule has 0 aliphatic carbocycles. The summed E-state index contributed by atoms with van der Waals surface area (Å²) >= 11 is 2.11. The Hall–Kier alpha value is 0.310. The van der Waals surface area contributed by atoms with Gasteiger partial charge in [0.05, 0.1) is 0 Å². The van der Waals surface area contributed by atoms with Gasteiger partial charge in [0.15, 0.2) is 0 Å². The third-order valence-electron chi connectivity index (χ3n) is 2.24. The summed E-state index contributed by atoms with van der Waals surface area (Å²) in [5, 5.41) is 0. The van der Waals surface area contributed by atoms with Crippen molar-refractivity contribution in [1.29, 1.82) is 0 Å². The predicted octanol–water partition coefficient (Wildman–Crippen LogP) is 2.22. The van der Waals surface area contributed by atoms with Crippen LogP contribution in [-0.4, -0.2) is 35.5 Å². The van der Waals surface area contributed by atoms with E-state index < -0.39 is 0 Å². The van der Waals surface area contributed by atoms with Gasteiger partial charge in [-0.1, -0.05) is 0 Å². The van der Waals surface area contributed by atoms with E-state index in [1.807, 2.05) is 0 Å². The lowest BCUT2D eigenvalue weighted by Crippen LogP contribution is -2.34. The molecule has 1 saturated heterocycles. The van der Waals surface area contributed by atoms with Gasteiger partial charge < -0.3 is 4.90 Å². The molecule has 1 aliphatic rings. The summed E-state index contributed by atoms with van der Waals surface area (Å²) in [6.45, 7) is 7.21. The number of thioether (sulfide) groups is 1.